The van der Waals surface area contributed by atoms with E-state index in [1.54, 1.807) is 17.1 Å². The van der Waals surface area contributed by atoms with E-state index in [1.807, 2.05) is 22.6 Å². The molecule has 0 aromatic carbocycles. The number of carbonyl (C=O) groups is 2. The van der Waals surface area contributed by atoms with E-state index in [4.69, 9.17) is 9.84 Å². The molecule has 0 aromatic rings. The van der Waals surface area contributed by atoms with Gasteiger partial charge in [-0.1, -0.05) is 34.7 Å². The molecule has 4 nitrogen and oxygen atoms in total. The van der Waals surface area contributed by atoms with Gasteiger partial charge in [-0.05, 0) is 11.0 Å². The monoisotopic (exact) mass is 310 g/mol. The van der Waals surface area contributed by atoms with Gasteiger partial charge >= 0.3 is 11.9 Å². The van der Waals surface area contributed by atoms with Crippen molar-refractivity contribution in [3.8, 4) is 0 Å². The summed E-state index contributed by atoms with van der Waals surface area (Å²) >= 11 is 1.97. The summed E-state index contributed by atoms with van der Waals surface area (Å²) in [5.74, 6) is -1.63. The predicted octanol–water partition coefficient (Wildman–Crippen LogP) is 1.90. The minimum absolute atomic E-state index is 0.146. The fraction of sp³-hybridized carbons (Fsp3) is 0.333. The average molecular weight is 310 g/mol. The molecule has 0 saturated heterocycles. The standard InChI is InChI=1S/C9H11IO4/c1-2-14-9(13)7(4-3-5-10)6-8(11)12/h3-5H,2,6H2,1H3,(H,11,12)/b5-3+,7-4+. The normalized spacial score (nSPS) is 11.7. The Labute approximate surface area is 95.8 Å². The van der Waals surface area contributed by atoms with Crippen molar-refractivity contribution in [3.63, 3.8) is 0 Å². The Hall–Kier alpha value is -0.850. The first-order valence-electron chi connectivity index (χ1n) is 3.96. The summed E-state index contributed by atoms with van der Waals surface area (Å²) < 4.78 is 6.37. The van der Waals surface area contributed by atoms with Crippen molar-refractivity contribution in [3.05, 3.63) is 21.8 Å². The average Bonchev–Trinajstić information content (AvgIpc) is 2.12. The molecule has 0 aromatic heterocycles. The van der Waals surface area contributed by atoms with Crippen LogP contribution in [0.5, 0.6) is 0 Å². The molecule has 0 unspecified atom stereocenters. The van der Waals surface area contributed by atoms with Crippen LogP contribution in [0.4, 0.5) is 0 Å². The number of carboxylic acid groups (broad SMARTS) is 1. The van der Waals surface area contributed by atoms with Gasteiger partial charge in [0.25, 0.3) is 0 Å². The molecule has 0 saturated carbocycles. The highest BCUT2D eigenvalue weighted by Crippen LogP contribution is 2.05. The van der Waals surface area contributed by atoms with E-state index in [0.29, 0.717) is 0 Å². The first-order chi connectivity index (χ1) is 6.61. The molecule has 14 heavy (non-hydrogen) atoms. The molecule has 0 spiro atoms. The van der Waals surface area contributed by atoms with E-state index < -0.39 is 11.9 Å². The maximum atomic E-state index is 11.2. The van der Waals surface area contributed by atoms with Gasteiger partial charge in [0.2, 0.25) is 0 Å². The summed E-state index contributed by atoms with van der Waals surface area (Å²) in [4.78, 5) is 21.6. The summed E-state index contributed by atoms with van der Waals surface area (Å²) in [6.07, 6.45) is 2.72. The number of allylic oxidation sites excluding steroid dienone is 2. The van der Waals surface area contributed by atoms with Gasteiger partial charge < -0.3 is 9.84 Å². The lowest BCUT2D eigenvalue weighted by atomic mass is 10.2. The van der Waals surface area contributed by atoms with Crippen molar-refractivity contribution in [2.24, 2.45) is 0 Å². The van der Waals surface area contributed by atoms with Crippen molar-refractivity contribution in [2.75, 3.05) is 6.61 Å². The number of hydrogen-bond acceptors (Lipinski definition) is 3. The van der Waals surface area contributed by atoms with Crippen molar-refractivity contribution in [2.45, 2.75) is 13.3 Å². The highest BCUT2D eigenvalue weighted by Gasteiger charge is 2.12. The minimum atomic E-state index is -1.05. The summed E-state index contributed by atoms with van der Waals surface area (Å²) in [5.41, 5.74) is 0.146. The van der Waals surface area contributed by atoms with Gasteiger partial charge in [0.15, 0.2) is 0 Å². The van der Waals surface area contributed by atoms with Gasteiger partial charge in [0, 0.05) is 5.57 Å². The lowest BCUT2D eigenvalue weighted by Crippen LogP contribution is -2.11. The highest BCUT2D eigenvalue weighted by molar-refractivity contribution is 14.1. The molecule has 0 radical (unpaired) electrons. The van der Waals surface area contributed by atoms with Gasteiger partial charge in [0.1, 0.15) is 0 Å². The van der Waals surface area contributed by atoms with Crippen LogP contribution in [0.3, 0.4) is 0 Å². The molecule has 0 bridgehead atoms. The summed E-state index contributed by atoms with van der Waals surface area (Å²) in [7, 11) is 0. The van der Waals surface area contributed by atoms with Gasteiger partial charge in [-0.3, -0.25) is 4.79 Å². The molecule has 0 aliphatic heterocycles. The molecule has 0 atom stereocenters. The lowest BCUT2D eigenvalue weighted by Gasteiger charge is -2.02. The summed E-state index contributed by atoms with van der Waals surface area (Å²) in [5, 5.41) is 8.53. The summed E-state index contributed by atoms with van der Waals surface area (Å²) in [6.45, 7) is 1.91. The first-order valence-corrected chi connectivity index (χ1v) is 5.21. The van der Waals surface area contributed by atoms with Crippen LogP contribution in [0.15, 0.2) is 21.8 Å². The Morgan fingerprint density at radius 3 is 2.57 bits per heavy atom. The molecule has 0 fully saturated rings. The van der Waals surface area contributed by atoms with Crippen molar-refractivity contribution in [1.29, 1.82) is 0 Å². The minimum Gasteiger partial charge on any atom is -0.481 e. The molecule has 0 amide bonds. The van der Waals surface area contributed by atoms with E-state index in [2.05, 4.69) is 0 Å². The second-order valence-electron chi connectivity index (χ2n) is 2.30. The van der Waals surface area contributed by atoms with E-state index in [9.17, 15) is 9.59 Å². The smallest absolute Gasteiger partial charge is 0.334 e. The zero-order valence-electron chi connectivity index (χ0n) is 7.70. The highest BCUT2D eigenvalue weighted by atomic mass is 127. The zero-order chi connectivity index (χ0) is 11.0. The zero-order valence-corrected chi connectivity index (χ0v) is 9.85. The van der Waals surface area contributed by atoms with Crippen molar-refractivity contribution >= 4 is 34.5 Å². The Morgan fingerprint density at radius 1 is 1.50 bits per heavy atom. The first kappa shape index (κ1) is 13.2. The number of hydrogen-bond donors (Lipinski definition) is 1. The quantitative estimate of drug-likeness (QED) is 0.365. The molecule has 0 aliphatic carbocycles. The van der Waals surface area contributed by atoms with Crippen LogP contribution in [0, 0.1) is 0 Å². The maximum absolute atomic E-state index is 11.2. The van der Waals surface area contributed by atoms with E-state index in [0.717, 1.165) is 0 Å². The van der Waals surface area contributed by atoms with Crippen LogP contribution in [-0.2, 0) is 14.3 Å². The summed E-state index contributed by atoms with van der Waals surface area (Å²) in [6, 6.07) is 0. The molecule has 0 aliphatic rings. The molecule has 5 heteroatoms. The number of ether oxygens (including phenoxy) is 1. The number of halogens is 1. The fourth-order valence-corrected chi connectivity index (χ4v) is 0.946. The third kappa shape index (κ3) is 5.74. The van der Waals surface area contributed by atoms with E-state index in [1.165, 1.54) is 6.08 Å². The number of aliphatic carboxylic acids is 1. The van der Waals surface area contributed by atoms with E-state index in [-0.39, 0.29) is 18.6 Å². The van der Waals surface area contributed by atoms with Crippen LogP contribution >= 0.6 is 22.6 Å². The molecule has 0 rings (SSSR count). The van der Waals surface area contributed by atoms with Crippen molar-refractivity contribution < 1.29 is 19.4 Å². The largest absolute Gasteiger partial charge is 0.481 e. The SMILES string of the molecule is CCOC(=O)/C(=C/C=C/I)CC(=O)O. The number of carbonyl (C=O) groups excluding carboxylic acids is 1. The van der Waals surface area contributed by atoms with Gasteiger partial charge in [-0.15, -0.1) is 0 Å². The topological polar surface area (TPSA) is 63.6 Å². The van der Waals surface area contributed by atoms with Crippen LogP contribution in [0.25, 0.3) is 0 Å². The van der Waals surface area contributed by atoms with Gasteiger partial charge in [-0.2, -0.15) is 0 Å². The molecule has 0 heterocycles. The van der Waals surface area contributed by atoms with Crippen LogP contribution in [0.1, 0.15) is 13.3 Å². The number of rotatable bonds is 5. The van der Waals surface area contributed by atoms with Crippen LogP contribution < -0.4 is 0 Å². The Kier molecular flexibility index (Phi) is 7.09. The third-order valence-electron chi connectivity index (χ3n) is 1.25. The molecular formula is C9H11IO4. The van der Waals surface area contributed by atoms with Crippen LogP contribution in [-0.4, -0.2) is 23.7 Å². The second-order valence-corrected chi connectivity index (χ2v) is 3.02. The lowest BCUT2D eigenvalue weighted by molar-refractivity contribution is -0.142. The van der Waals surface area contributed by atoms with Crippen LogP contribution in [0.2, 0.25) is 0 Å². The Bertz CT molecular complexity index is 268. The third-order valence-corrected chi connectivity index (χ3v) is 1.66. The fourth-order valence-electron chi connectivity index (χ4n) is 0.738. The second kappa shape index (κ2) is 7.54. The predicted molar refractivity (Wildman–Crippen MR) is 60.1 cm³/mol. The Balaban J connectivity index is 4.54. The number of carboxylic acids is 1. The van der Waals surface area contributed by atoms with Crippen molar-refractivity contribution in [1.82, 2.24) is 0 Å². The van der Waals surface area contributed by atoms with E-state index >= 15 is 0 Å². The van der Waals surface area contributed by atoms with Gasteiger partial charge in [-0.25, -0.2) is 4.79 Å². The maximum Gasteiger partial charge on any atom is 0.334 e. The molecular weight excluding hydrogens is 299 g/mol. The van der Waals surface area contributed by atoms with Gasteiger partial charge in [0.05, 0.1) is 13.0 Å². The molecule has 1 N–H and O–H groups in total. The molecule has 78 valence electrons. The number of esters is 1. The Morgan fingerprint density at radius 2 is 2.14 bits per heavy atom.